The van der Waals surface area contributed by atoms with E-state index in [1.807, 2.05) is 0 Å². The second kappa shape index (κ2) is 8.04. The van der Waals surface area contributed by atoms with Crippen LogP contribution in [0.25, 0.3) is 0 Å². The minimum Gasteiger partial charge on any atom is -0.469 e. The summed E-state index contributed by atoms with van der Waals surface area (Å²) >= 11 is 0. The molecule has 0 amide bonds. The van der Waals surface area contributed by atoms with Gasteiger partial charge in [0.15, 0.2) is 0 Å². The van der Waals surface area contributed by atoms with Crippen LogP contribution in [0.4, 0.5) is 0 Å². The van der Waals surface area contributed by atoms with Gasteiger partial charge in [-0.15, -0.1) is 0 Å². The zero-order valence-electron chi connectivity index (χ0n) is 19.2. The molecule has 172 valence electrons. The molecule has 0 aromatic heterocycles. The highest BCUT2D eigenvalue weighted by molar-refractivity contribution is 5.69. The van der Waals surface area contributed by atoms with E-state index in [1.54, 1.807) is 0 Å². The molecule has 30 heavy (non-hydrogen) atoms. The number of esters is 1. The Morgan fingerprint density at radius 3 is 2.50 bits per heavy atom. The van der Waals surface area contributed by atoms with Gasteiger partial charge in [-0.05, 0) is 97.7 Å². The van der Waals surface area contributed by atoms with Crippen molar-refractivity contribution in [2.45, 2.75) is 96.9 Å². The molecule has 0 saturated heterocycles. The maximum absolute atomic E-state index is 11.7. The molecule has 4 aliphatic carbocycles. The quantitative estimate of drug-likeness (QED) is 0.603. The third kappa shape index (κ3) is 3.34. The minimum absolute atomic E-state index is 0.111. The lowest BCUT2D eigenvalue weighted by Gasteiger charge is -2.63. The molecule has 11 atom stereocenters. The standard InChI is InChI=1S/C25H42O5/c1-14(5-8-22(29)30-4)17-6-7-18-23-19(13-21(28)25(17,18)3)24(2)10-9-16(26)11-15(24)12-20(23)27/h14-21,23,26-28H,5-13H2,1-4H3/t14-,15?,16-,17-,18?,19?,20?,21+,23?,24+,25-/m1/s1. The predicted octanol–water partition coefficient (Wildman–Crippen LogP) is 3.54. The van der Waals surface area contributed by atoms with Gasteiger partial charge in [-0.2, -0.15) is 0 Å². The van der Waals surface area contributed by atoms with E-state index < -0.39 is 0 Å². The van der Waals surface area contributed by atoms with E-state index in [0.717, 1.165) is 51.4 Å². The van der Waals surface area contributed by atoms with Crippen molar-refractivity contribution >= 4 is 5.97 Å². The lowest BCUT2D eigenvalue weighted by Crippen LogP contribution is -2.62. The van der Waals surface area contributed by atoms with Crippen molar-refractivity contribution in [3.8, 4) is 0 Å². The van der Waals surface area contributed by atoms with Crippen LogP contribution in [0.3, 0.4) is 0 Å². The predicted molar refractivity (Wildman–Crippen MR) is 114 cm³/mol. The molecule has 4 rings (SSSR count). The summed E-state index contributed by atoms with van der Waals surface area (Å²) in [6, 6.07) is 0. The summed E-state index contributed by atoms with van der Waals surface area (Å²) in [5, 5.41) is 33.1. The third-order valence-corrected chi connectivity index (χ3v) is 10.6. The Labute approximate surface area is 181 Å². The molecule has 4 aliphatic rings. The summed E-state index contributed by atoms with van der Waals surface area (Å²) in [6.07, 6.45) is 6.60. The maximum atomic E-state index is 11.7. The van der Waals surface area contributed by atoms with Crippen molar-refractivity contribution in [3.63, 3.8) is 0 Å². The summed E-state index contributed by atoms with van der Waals surface area (Å²) in [5.41, 5.74) is -0.0882. The number of rotatable bonds is 4. The Morgan fingerprint density at radius 1 is 1.07 bits per heavy atom. The smallest absolute Gasteiger partial charge is 0.305 e. The zero-order valence-corrected chi connectivity index (χ0v) is 19.2. The molecule has 0 bridgehead atoms. The van der Waals surface area contributed by atoms with Gasteiger partial charge in [0.1, 0.15) is 0 Å². The van der Waals surface area contributed by atoms with E-state index in [9.17, 15) is 20.1 Å². The van der Waals surface area contributed by atoms with E-state index in [2.05, 4.69) is 20.8 Å². The Hall–Kier alpha value is -0.650. The largest absolute Gasteiger partial charge is 0.469 e. The Kier molecular flexibility index (Phi) is 6.04. The number of methoxy groups -OCH3 is 1. The lowest BCUT2D eigenvalue weighted by molar-refractivity contribution is -0.207. The number of carbonyl (C=O) groups is 1. The van der Waals surface area contributed by atoms with Gasteiger partial charge < -0.3 is 20.1 Å². The molecule has 0 spiro atoms. The number of hydrogen-bond acceptors (Lipinski definition) is 5. The number of fused-ring (bicyclic) bond motifs is 5. The molecular weight excluding hydrogens is 380 g/mol. The van der Waals surface area contributed by atoms with Crippen molar-refractivity contribution in [2.75, 3.05) is 7.11 Å². The first-order valence-corrected chi connectivity index (χ1v) is 12.2. The molecule has 4 saturated carbocycles. The second-order valence-corrected chi connectivity index (χ2v) is 11.6. The van der Waals surface area contributed by atoms with Gasteiger partial charge in [-0.25, -0.2) is 0 Å². The molecule has 5 heteroatoms. The molecule has 3 N–H and O–H groups in total. The topological polar surface area (TPSA) is 87.0 Å². The van der Waals surface area contributed by atoms with Gasteiger partial charge in [0.25, 0.3) is 0 Å². The van der Waals surface area contributed by atoms with Crippen LogP contribution in [0.1, 0.15) is 78.6 Å². The summed E-state index contributed by atoms with van der Waals surface area (Å²) < 4.78 is 4.83. The first kappa shape index (κ1) is 22.5. The highest BCUT2D eigenvalue weighted by atomic mass is 16.5. The SMILES string of the molecule is COC(=O)CC[C@@H](C)[C@H]1CCC2C3C(O)CC4C[C@H](O)CC[C@]4(C)C3C[C@H](O)[C@@]21C. The summed E-state index contributed by atoms with van der Waals surface area (Å²) in [5.74, 6) is 1.81. The number of ether oxygens (including phenoxy) is 1. The minimum atomic E-state index is -0.369. The number of hydrogen-bond donors (Lipinski definition) is 3. The molecule has 0 aromatic carbocycles. The van der Waals surface area contributed by atoms with Gasteiger partial charge >= 0.3 is 5.97 Å². The van der Waals surface area contributed by atoms with Crippen LogP contribution in [-0.2, 0) is 9.53 Å². The van der Waals surface area contributed by atoms with E-state index in [0.29, 0.717) is 36.0 Å². The fraction of sp³-hybridized carbons (Fsp3) is 0.960. The molecule has 5 unspecified atom stereocenters. The fourth-order valence-corrected chi connectivity index (χ4v) is 8.78. The van der Waals surface area contributed by atoms with Gasteiger partial charge in [-0.1, -0.05) is 20.8 Å². The second-order valence-electron chi connectivity index (χ2n) is 11.6. The van der Waals surface area contributed by atoms with E-state index in [4.69, 9.17) is 4.74 Å². The first-order valence-electron chi connectivity index (χ1n) is 12.2. The molecule has 0 aromatic rings. The average molecular weight is 423 g/mol. The van der Waals surface area contributed by atoms with Crippen LogP contribution in [0, 0.1) is 46.3 Å². The summed E-state index contributed by atoms with van der Waals surface area (Å²) in [4.78, 5) is 11.7. The monoisotopic (exact) mass is 422 g/mol. The molecular formula is C25H42O5. The average Bonchev–Trinajstić information content (AvgIpc) is 3.06. The van der Waals surface area contributed by atoms with Crippen molar-refractivity contribution < 1.29 is 24.9 Å². The Morgan fingerprint density at radius 2 is 1.80 bits per heavy atom. The van der Waals surface area contributed by atoms with E-state index in [1.165, 1.54) is 7.11 Å². The van der Waals surface area contributed by atoms with Crippen LogP contribution in [0.2, 0.25) is 0 Å². The van der Waals surface area contributed by atoms with E-state index >= 15 is 0 Å². The molecule has 0 heterocycles. The maximum Gasteiger partial charge on any atom is 0.305 e. The van der Waals surface area contributed by atoms with Crippen molar-refractivity contribution in [1.82, 2.24) is 0 Å². The zero-order chi connectivity index (χ0) is 21.8. The van der Waals surface area contributed by atoms with Crippen LogP contribution < -0.4 is 0 Å². The van der Waals surface area contributed by atoms with Crippen molar-refractivity contribution in [3.05, 3.63) is 0 Å². The number of carbonyl (C=O) groups excluding carboxylic acids is 1. The molecule has 0 radical (unpaired) electrons. The van der Waals surface area contributed by atoms with Crippen molar-refractivity contribution in [1.29, 1.82) is 0 Å². The Bertz CT molecular complexity index is 651. The fourth-order valence-electron chi connectivity index (χ4n) is 8.78. The summed E-state index contributed by atoms with van der Waals surface area (Å²) in [7, 11) is 1.44. The van der Waals surface area contributed by atoms with Crippen LogP contribution in [0.15, 0.2) is 0 Å². The van der Waals surface area contributed by atoms with Gasteiger partial charge in [-0.3, -0.25) is 4.79 Å². The third-order valence-electron chi connectivity index (χ3n) is 10.6. The van der Waals surface area contributed by atoms with Crippen LogP contribution >= 0.6 is 0 Å². The highest BCUT2D eigenvalue weighted by Gasteiger charge is 2.65. The Balaban J connectivity index is 1.58. The lowest BCUT2D eigenvalue weighted by atomic mass is 9.43. The number of aliphatic hydroxyl groups excluding tert-OH is 3. The van der Waals surface area contributed by atoms with Gasteiger partial charge in [0, 0.05) is 6.42 Å². The molecule has 0 aliphatic heterocycles. The normalized spacial score (nSPS) is 51.4. The van der Waals surface area contributed by atoms with Crippen LogP contribution in [-0.4, -0.2) is 46.7 Å². The number of aliphatic hydroxyl groups is 3. The van der Waals surface area contributed by atoms with Crippen molar-refractivity contribution in [2.24, 2.45) is 46.3 Å². The first-order chi connectivity index (χ1) is 14.1. The van der Waals surface area contributed by atoms with E-state index in [-0.39, 0.29) is 41.0 Å². The van der Waals surface area contributed by atoms with Crippen LogP contribution in [0.5, 0.6) is 0 Å². The highest BCUT2D eigenvalue weighted by Crippen LogP contribution is 2.68. The van der Waals surface area contributed by atoms with Gasteiger partial charge in [0.05, 0.1) is 25.4 Å². The molecule has 4 fully saturated rings. The van der Waals surface area contributed by atoms with Gasteiger partial charge in [0.2, 0.25) is 0 Å². The summed E-state index contributed by atoms with van der Waals surface area (Å²) in [6.45, 7) is 6.85. The molecule has 5 nitrogen and oxygen atoms in total.